The molecule has 7 rings (SSSR count). The highest BCUT2D eigenvalue weighted by molar-refractivity contribution is 6.04. The Kier molecular flexibility index (Phi) is 11.6. The summed E-state index contributed by atoms with van der Waals surface area (Å²) in [6.45, 7) is 8.76. The number of nitrogens with one attached hydrogen (secondary N) is 1. The summed E-state index contributed by atoms with van der Waals surface area (Å²) in [5, 5.41) is 26.2. The Morgan fingerprint density at radius 2 is 1.29 bits per heavy atom. The van der Waals surface area contributed by atoms with Crippen molar-refractivity contribution in [3.63, 3.8) is 0 Å². The number of hydrogen-bond donors (Lipinski definition) is 1. The summed E-state index contributed by atoms with van der Waals surface area (Å²) >= 11 is 0. The number of nitrogens with zero attached hydrogens (tertiary/aromatic N) is 4. The van der Waals surface area contributed by atoms with E-state index in [-0.39, 0.29) is 5.54 Å². The summed E-state index contributed by atoms with van der Waals surface area (Å²) in [6.07, 6.45) is 5.67. The van der Waals surface area contributed by atoms with Crippen LogP contribution in [0.25, 0.3) is 21.5 Å². The Labute approximate surface area is 325 Å². The molecule has 1 heterocycles. The summed E-state index contributed by atoms with van der Waals surface area (Å²) in [5.74, 6) is 0.197. The number of azo groups is 2. The van der Waals surface area contributed by atoms with Crippen molar-refractivity contribution in [1.82, 2.24) is 0 Å². The minimum absolute atomic E-state index is 0.0114. The second-order valence-corrected chi connectivity index (χ2v) is 14.2. The van der Waals surface area contributed by atoms with E-state index in [4.69, 9.17) is 24.4 Å². The quantitative estimate of drug-likeness (QED) is 0.0367. The van der Waals surface area contributed by atoms with Gasteiger partial charge in [0.15, 0.2) is 0 Å². The molecule has 0 unspecified atom stereocenters. The molecule has 10 nitrogen and oxygen atoms in total. The molecule has 1 aliphatic heterocycles. The van der Waals surface area contributed by atoms with Crippen molar-refractivity contribution in [2.24, 2.45) is 20.5 Å². The minimum Gasteiger partial charge on any atom is -0.494 e. The summed E-state index contributed by atoms with van der Waals surface area (Å²) < 4.78 is 16.4. The van der Waals surface area contributed by atoms with Gasteiger partial charge in [0.05, 0.1) is 41.5 Å². The number of carbonyl (C=O) groups excluding carboxylic acids is 2. The monoisotopic (exact) mass is 745 g/mol. The standard InChI is InChI=1S/C46H43N5O5/c1-4-43(52)55-29-10-6-5-9-28-54-34-21-16-31(17-22-34)45(53)56-35-23-19-33(20-24-35)48-49-39-26-27-40(37-13-8-7-12-36(37)39)50-51-41-25-18-32-30-46(2,3)47-42-15-11-14-38(41)44(32)42/h4,7-8,11-27,47H,1,5-6,9-10,28-30H2,2-3H3. The van der Waals surface area contributed by atoms with Gasteiger partial charge in [0.25, 0.3) is 0 Å². The molecule has 0 bridgehead atoms. The predicted octanol–water partition coefficient (Wildman–Crippen LogP) is 12.5. The Morgan fingerprint density at radius 3 is 1.98 bits per heavy atom. The number of anilines is 1. The number of carbonyl (C=O) groups is 2. The highest BCUT2D eigenvalue weighted by Gasteiger charge is 2.26. The van der Waals surface area contributed by atoms with E-state index in [0.29, 0.717) is 41.7 Å². The predicted molar refractivity (Wildman–Crippen MR) is 221 cm³/mol. The molecule has 0 aromatic heterocycles. The third kappa shape index (κ3) is 9.15. The van der Waals surface area contributed by atoms with E-state index in [2.05, 4.69) is 66.3 Å². The lowest BCUT2D eigenvalue weighted by atomic mass is 9.86. The van der Waals surface area contributed by atoms with Crippen LogP contribution in [0.4, 0.5) is 28.4 Å². The fourth-order valence-corrected chi connectivity index (χ4v) is 6.76. The van der Waals surface area contributed by atoms with Gasteiger partial charge < -0.3 is 19.5 Å². The molecule has 0 fully saturated rings. The van der Waals surface area contributed by atoms with E-state index in [1.54, 1.807) is 48.5 Å². The molecular formula is C46H43N5O5. The van der Waals surface area contributed by atoms with Crippen molar-refractivity contribution < 1.29 is 23.8 Å². The smallest absolute Gasteiger partial charge is 0.343 e. The van der Waals surface area contributed by atoms with E-state index >= 15 is 0 Å². The molecular weight excluding hydrogens is 703 g/mol. The average Bonchev–Trinajstić information content (AvgIpc) is 3.21. The summed E-state index contributed by atoms with van der Waals surface area (Å²) in [6, 6.07) is 36.0. The van der Waals surface area contributed by atoms with Crippen LogP contribution in [0.5, 0.6) is 11.5 Å². The number of fused-ring (bicyclic) bond motifs is 1. The second-order valence-electron chi connectivity index (χ2n) is 14.2. The number of unbranched alkanes of at least 4 members (excludes halogenated alkanes) is 3. The molecule has 1 N–H and O–H groups in total. The van der Waals surface area contributed by atoms with E-state index in [0.717, 1.165) is 65.3 Å². The molecule has 0 saturated carbocycles. The molecule has 0 atom stereocenters. The lowest BCUT2D eigenvalue weighted by molar-refractivity contribution is -0.137. The second kappa shape index (κ2) is 17.2. The zero-order valence-corrected chi connectivity index (χ0v) is 31.5. The molecule has 282 valence electrons. The largest absolute Gasteiger partial charge is 0.494 e. The van der Waals surface area contributed by atoms with Gasteiger partial charge in [-0.25, -0.2) is 9.59 Å². The van der Waals surface area contributed by atoms with E-state index in [1.807, 2.05) is 36.4 Å². The van der Waals surface area contributed by atoms with Crippen LogP contribution in [0.15, 0.2) is 148 Å². The number of hydrogen-bond acceptors (Lipinski definition) is 10. The molecule has 6 aromatic carbocycles. The van der Waals surface area contributed by atoms with Gasteiger partial charge in [-0.2, -0.15) is 5.11 Å². The molecule has 0 saturated heterocycles. The van der Waals surface area contributed by atoms with Crippen LogP contribution in [0.1, 0.15) is 55.5 Å². The first-order valence-electron chi connectivity index (χ1n) is 18.8. The van der Waals surface area contributed by atoms with E-state index in [9.17, 15) is 9.59 Å². The SMILES string of the molecule is C=CC(=O)OCCCCCCOc1ccc(C(=O)Oc2ccc(N=Nc3ccc(N=Nc4ccc5c6c(cccc46)NC(C)(C)C5)c4ccccc34)cc2)cc1. The molecule has 10 heteroatoms. The molecule has 6 aromatic rings. The van der Waals surface area contributed by atoms with Crippen molar-refractivity contribution in [1.29, 1.82) is 0 Å². The number of benzene rings is 6. The third-order valence-electron chi connectivity index (χ3n) is 9.48. The van der Waals surface area contributed by atoms with Gasteiger partial charge in [0.2, 0.25) is 0 Å². The summed E-state index contributed by atoms with van der Waals surface area (Å²) in [4.78, 5) is 23.9. The molecule has 0 radical (unpaired) electrons. The van der Waals surface area contributed by atoms with Crippen molar-refractivity contribution in [2.45, 2.75) is 51.5 Å². The van der Waals surface area contributed by atoms with Gasteiger partial charge in [-0.05, 0) is 124 Å². The van der Waals surface area contributed by atoms with Crippen molar-refractivity contribution in [3.05, 3.63) is 139 Å². The maximum absolute atomic E-state index is 12.8. The molecule has 1 aliphatic rings. The van der Waals surface area contributed by atoms with Crippen molar-refractivity contribution in [2.75, 3.05) is 18.5 Å². The van der Waals surface area contributed by atoms with Crippen LogP contribution in [-0.4, -0.2) is 30.7 Å². The number of ether oxygens (including phenoxy) is 3. The highest BCUT2D eigenvalue weighted by Crippen LogP contribution is 2.41. The average molecular weight is 746 g/mol. The molecule has 0 amide bonds. The zero-order valence-electron chi connectivity index (χ0n) is 31.5. The van der Waals surface area contributed by atoms with Gasteiger partial charge >= 0.3 is 11.9 Å². The fourth-order valence-electron chi connectivity index (χ4n) is 6.76. The van der Waals surface area contributed by atoms with Gasteiger partial charge in [0, 0.05) is 38.8 Å². The third-order valence-corrected chi connectivity index (χ3v) is 9.48. The van der Waals surface area contributed by atoms with Crippen molar-refractivity contribution >= 4 is 61.9 Å². The Bertz CT molecular complexity index is 2420. The molecule has 0 aliphatic carbocycles. The van der Waals surface area contributed by atoms with Crippen LogP contribution < -0.4 is 14.8 Å². The first-order chi connectivity index (χ1) is 27.3. The first kappa shape index (κ1) is 37.6. The maximum Gasteiger partial charge on any atom is 0.343 e. The lowest BCUT2D eigenvalue weighted by Gasteiger charge is -2.34. The summed E-state index contributed by atoms with van der Waals surface area (Å²) in [7, 11) is 0. The topological polar surface area (TPSA) is 123 Å². The van der Waals surface area contributed by atoms with Gasteiger partial charge in [0.1, 0.15) is 11.5 Å². The molecule has 56 heavy (non-hydrogen) atoms. The zero-order chi connectivity index (χ0) is 38.9. The lowest BCUT2D eigenvalue weighted by Crippen LogP contribution is -2.36. The van der Waals surface area contributed by atoms with E-state index < -0.39 is 11.9 Å². The van der Waals surface area contributed by atoms with Gasteiger partial charge in [-0.3, -0.25) is 0 Å². The van der Waals surface area contributed by atoms with Crippen molar-refractivity contribution in [3.8, 4) is 11.5 Å². The summed E-state index contributed by atoms with van der Waals surface area (Å²) in [5.41, 5.74) is 5.69. The number of rotatable bonds is 15. The normalized spacial score (nSPS) is 13.2. The van der Waals surface area contributed by atoms with Crippen LogP contribution in [-0.2, 0) is 16.0 Å². The Hall–Kier alpha value is -6.68. The van der Waals surface area contributed by atoms with Gasteiger partial charge in [-0.1, -0.05) is 49.0 Å². The Balaban J connectivity index is 0.943. The fraction of sp³-hybridized carbons (Fsp3) is 0.217. The van der Waals surface area contributed by atoms with Crippen LogP contribution in [0.3, 0.4) is 0 Å². The highest BCUT2D eigenvalue weighted by atomic mass is 16.5. The Morgan fingerprint density at radius 1 is 0.679 bits per heavy atom. The minimum atomic E-state index is -0.475. The maximum atomic E-state index is 12.8. The van der Waals surface area contributed by atoms with E-state index in [1.165, 1.54) is 17.0 Å². The van der Waals surface area contributed by atoms with Crippen LogP contribution in [0.2, 0.25) is 0 Å². The first-order valence-corrected chi connectivity index (χ1v) is 18.8. The van der Waals surface area contributed by atoms with Gasteiger partial charge in [-0.15, -0.1) is 15.3 Å². The molecule has 0 spiro atoms. The van der Waals surface area contributed by atoms with Crippen LogP contribution >= 0.6 is 0 Å². The number of esters is 2. The van der Waals surface area contributed by atoms with Crippen LogP contribution in [0, 0.1) is 0 Å².